The minimum Gasteiger partial charge on any atom is -0.496 e. The van der Waals surface area contributed by atoms with Crippen LogP contribution >= 0.6 is 0 Å². The highest BCUT2D eigenvalue weighted by Crippen LogP contribution is 2.36. The molecule has 1 aromatic heterocycles. The Labute approximate surface area is 213 Å². The number of hydrogen-bond acceptors (Lipinski definition) is 8. The van der Waals surface area contributed by atoms with Crippen molar-refractivity contribution in [3.63, 3.8) is 0 Å². The van der Waals surface area contributed by atoms with Gasteiger partial charge in [0.2, 0.25) is 10.0 Å². The molecule has 0 saturated carbocycles. The van der Waals surface area contributed by atoms with E-state index in [-0.39, 0.29) is 10.5 Å². The van der Waals surface area contributed by atoms with Crippen LogP contribution in [-0.2, 0) is 14.8 Å². The topological polar surface area (TPSA) is 117 Å². The standard InChI is InChI=1S/C26H26N2O8S/c1-32-22-15-25(34-3)24(33-2)14-20(22)26(29)27-16-4-6-18-19-13-17(5-7-21(19)36-23(18)12-16)37(30,31)28-8-10-35-11-9-28/h4-7,12-15H,8-11H2,1-3H3,(H,27,29). The number of carbonyl (C=O) groups is 1. The summed E-state index contributed by atoms with van der Waals surface area (Å²) in [5, 5.41) is 4.25. The van der Waals surface area contributed by atoms with Crippen LogP contribution in [-0.4, -0.2) is 66.3 Å². The Kier molecular flexibility index (Phi) is 6.67. The summed E-state index contributed by atoms with van der Waals surface area (Å²) in [5.74, 6) is 0.750. The average molecular weight is 527 g/mol. The summed E-state index contributed by atoms with van der Waals surface area (Å²) >= 11 is 0. The number of nitrogens with one attached hydrogen (secondary N) is 1. The first kappa shape index (κ1) is 24.9. The van der Waals surface area contributed by atoms with Gasteiger partial charge in [0, 0.05) is 47.7 Å². The number of hydrogen-bond donors (Lipinski definition) is 1. The van der Waals surface area contributed by atoms with Gasteiger partial charge in [0.05, 0.1) is 45.0 Å². The van der Waals surface area contributed by atoms with E-state index in [1.165, 1.54) is 25.6 Å². The highest BCUT2D eigenvalue weighted by Gasteiger charge is 2.27. The van der Waals surface area contributed by atoms with Gasteiger partial charge in [0.25, 0.3) is 5.91 Å². The van der Waals surface area contributed by atoms with E-state index in [1.54, 1.807) is 48.5 Å². The molecule has 1 aliphatic heterocycles. The summed E-state index contributed by atoms with van der Waals surface area (Å²) in [6.07, 6.45) is 0. The van der Waals surface area contributed by atoms with Gasteiger partial charge in [-0.3, -0.25) is 4.79 Å². The number of benzene rings is 3. The van der Waals surface area contributed by atoms with Crippen molar-refractivity contribution in [3.8, 4) is 17.2 Å². The summed E-state index contributed by atoms with van der Waals surface area (Å²) in [4.78, 5) is 13.3. The molecule has 0 bridgehead atoms. The molecule has 1 saturated heterocycles. The number of sulfonamides is 1. The molecule has 0 atom stereocenters. The molecule has 0 spiro atoms. The molecular formula is C26H26N2O8S. The maximum atomic E-state index is 13.1. The Bertz CT molecular complexity index is 1590. The van der Waals surface area contributed by atoms with Crippen molar-refractivity contribution < 1.29 is 36.6 Å². The van der Waals surface area contributed by atoms with Crippen molar-refractivity contribution in [1.29, 1.82) is 0 Å². The number of nitrogens with zero attached hydrogens (tertiary/aromatic N) is 1. The summed E-state index contributed by atoms with van der Waals surface area (Å²) < 4.78 is 54.8. The summed E-state index contributed by atoms with van der Waals surface area (Å²) in [7, 11) is 0.802. The average Bonchev–Trinajstić information content (AvgIpc) is 3.29. The first-order valence-corrected chi connectivity index (χ1v) is 13.0. The molecule has 0 unspecified atom stereocenters. The van der Waals surface area contributed by atoms with Gasteiger partial charge in [0.15, 0.2) is 11.5 Å². The second-order valence-electron chi connectivity index (χ2n) is 8.35. The van der Waals surface area contributed by atoms with Crippen LogP contribution in [0.25, 0.3) is 21.9 Å². The number of morpholine rings is 1. The van der Waals surface area contributed by atoms with E-state index in [0.717, 1.165) is 5.39 Å². The van der Waals surface area contributed by atoms with Gasteiger partial charge in [-0.15, -0.1) is 0 Å². The molecule has 5 rings (SSSR count). The number of carbonyl (C=O) groups excluding carboxylic acids is 1. The molecule has 11 heteroatoms. The van der Waals surface area contributed by atoms with Gasteiger partial charge in [-0.25, -0.2) is 8.42 Å². The zero-order valence-corrected chi connectivity index (χ0v) is 21.4. The third-order valence-electron chi connectivity index (χ3n) is 6.26. The van der Waals surface area contributed by atoms with E-state index in [0.29, 0.717) is 65.8 Å². The molecule has 10 nitrogen and oxygen atoms in total. The highest BCUT2D eigenvalue weighted by molar-refractivity contribution is 7.89. The fraction of sp³-hybridized carbons (Fsp3) is 0.269. The highest BCUT2D eigenvalue weighted by atomic mass is 32.2. The molecule has 1 amide bonds. The largest absolute Gasteiger partial charge is 0.496 e. The van der Waals surface area contributed by atoms with E-state index < -0.39 is 15.9 Å². The molecule has 194 valence electrons. The summed E-state index contributed by atoms with van der Waals surface area (Å²) in [6.45, 7) is 1.39. The molecule has 0 aliphatic carbocycles. The molecule has 3 aromatic carbocycles. The van der Waals surface area contributed by atoms with Crippen LogP contribution in [0.1, 0.15) is 10.4 Å². The zero-order valence-electron chi connectivity index (χ0n) is 20.6. The van der Waals surface area contributed by atoms with Gasteiger partial charge >= 0.3 is 0 Å². The predicted molar refractivity (Wildman–Crippen MR) is 137 cm³/mol. The molecule has 4 aromatic rings. The van der Waals surface area contributed by atoms with Crippen LogP contribution in [0.5, 0.6) is 17.2 Å². The second kappa shape index (κ2) is 9.92. The Morgan fingerprint density at radius 2 is 1.54 bits per heavy atom. The van der Waals surface area contributed by atoms with E-state index in [2.05, 4.69) is 5.32 Å². The van der Waals surface area contributed by atoms with Crippen molar-refractivity contribution in [2.24, 2.45) is 0 Å². The normalized spacial score (nSPS) is 14.6. The summed E-state index contributed by atoms with van der Waals surface area (Å²) in [6, 6.07) is 13.1. The lowest BCUT2D eigenvalue weighted by atomic mass is 10.1. The fourth-order valence-electron chi connectivity index (χ4n) is 4.34. The van der Waals surface area contributed by atoms with Crippen molar-refractivity contribution in [1.82, 2.24) is 4.31 Å². The number of methoxy groups -OCH3 is 3. The molecule has 1 N–H and O–H groups in total. The molecule has 1 fully saturated rings. The predicted octanol–water partition coefficient (Wildman–Crippen LogP) is 3.89. The van der Waals surface area contributed by atoms with E-state index in [1.807, 2.05) is 0 Å². The molecule has 2 heterocycles. The van der Waals surface area contributed by atoms with E-state index in [9.17, 15) is 13.2 Å². The van der Waals surface area contributed by atoms with Crippen LogP contribution in [0.2, 0.25) is 0 Å². The van der Waals surface area contributed by atoms with Crippen molar-refractivity contribution >= 4 is 43.6 Å². The van der Waals surface area contributed by atoms with Crippen LogP contribution < -0.4 is 19.5 Å². The maximum absolute atomic E-state index is 13.1. The first-order chi connectivity index (χ1) is 17.8. The zero-order chi connectivity index (χ0) is 26.2. The molecular weight excluding hydrogens is 500 g/mol. The molecule has 37 heavy (non-hydrogen) atoms. The van der Waals surface area contributed by atoms with Gasteiger partial charge in [-0.1, -0.05) is 0 Å². The first-order valence-electron chi connectivity index (χ1n) is 11.5. The van der Waals surface area contributed by atoms with Crippen molar-refractivity contribution in [3.05, 3.63) is 54.1 Å². The van der Waals surface area contributed by atoms with Gasteiger partial charge in [-0.2, -0.15) is 4.31 Å². The van der Waals surface area contributed by atoms with E-state index >= 15 is 0 Å². The lowest BCUT2D eigenvalue weighted by Gasteiger charge is -2.26. The maximum Gasteiger partial charge on any atom is 0.259 e. The van der Waals surface area contributed by atoms with Crippen LogP contribution in [0.15, 0.2) is 57.8 Å². The SMILES string of the molecule is COc1cc(OC)c(C(=O)Nc2ccc3c(c2)oc2ccc(S(=O)(=O)N4CCOCC4)cc23)cc1OC. The summed E-state index contributed by atoms with van der Waals surface area (Å²) in [5.41, 5.74) is 1.81. The van der Waals surface area contributed by atoms with Crippen LogP contribution in [0.3, 0.4) is 0 Å². The second-order valence-corrected chi connectivity index (χ2v) is 10.3. The Balaban J connectivity index is 1.46. The minimum atomic E-state index is -3.65. The lowest BCUT2D eigenvalue weighted by molar-refractivity contribution is 0.0730. The quantitative estimate of drug-likeness (QED) is 0.386. The van der Waals surface area contributed by atoms with Crippen molar-refractivity contribution in [2.75, 3.05) is 52.9 Å². The smallest absolute Gasteiger partial charge is 0.259 e. The Hall–Kier alpha value is -3.80. The third-order valence-corrected chi connectivity index (χ3v) is 8.15. The molecule has 1 aliphatic rings. The number of anilines is 1. The van der Waals surface area contributed by atoms with Gasteiger partial charge in [-0.05, 0) is 30.3 Å². The lowest BCUT2D eigenvalue weighted by Crippen LogP contribution is -2.40. The fourth-order valence-corrected chi connectivity index (χ4v) is 5.77. The number of rotatable bonds is 7. The van der Waals surface area contributed by atoms with Crippen LogP contribution in [0, 0.1) is 0 Å². The Morgan fingerprint density at radius 3 is 2.24 bits per heavy atom. The minimum absolute atomic E-state index is 0.197. The number of furan rings is 1. The van der Waals surface area contributed by atoms with E-state index in [4.69, 9.17) is 23.4 Å². The Morgan fingerprint density at radius 1 is 0.838 bits per heavy atom. The van der Waals surface area contributed by atoms with Crippen molar-refractivity contribution in [2.45, 2.75) is 4.90 Å². The number of amides is 1. The van der Waals surface area contributed by atoms with Gasteiger partial charge < -0.3 is 28.7 Å². The third kappa shape index (κ3) is 4.57. The molecule has 0 radical (unpaired) electrons. The monoisotopic (exact) mass is 526 g/mol. The number of ether oxygens (including phenoxy) is 4. The van der Waals surface area contributed by atoms with Crippen LogP contribution in [0.4, 0.5) is 5.69 Å². The number of fused-ring (bicyclic) bond motifs is 3. The van der Waals surface area contributed by atoms with Gasteiger partial charge in [0.1, 0.15) is 16.9 Å².